The fraction of sp³-hybridized carbons (Fsp3) is 0.158. The summed E-state index contributed by atoms with van der Waals surface area (Å²) in [4.78, 5) is 25.1. The lowest BCUT2D eigenvalue weighted by molar-refractivity contribution is -0.113. The molecular weight excluding hydrogens is 356 g/mol. The van der Waals surface area contributed by atoms with Gasteiger partial charge in [0.05, 0.1) is 31.9 Å². The summed E-state index contributed by atoms with van der Waals surface area (Å²) in [6.07, 6.45) is 0. The van der Waals surface area contributed by atoms with Crippen molar-refractivity contribution in [3.05, 3.63) is 76.6 Å². The average Bonchev–Trinajstić information content (AvgIpc) is 2.67. The van der Waals surface area contributed by atoms with Crippen LogP contribution in [0.25, 0.3) is 4.85 Å². The molecule has 0 saturated carbocycles. The smallest absolute Gasteiger partial charge is 0.337 e. The van der Waals surface area contributed by atoms with Crippen molar-refractivity contribution in [1.29, 1.82) is 0 Å². The van der Waals surface area contributed by atoms with E-state index in [2.05, 4.69) is 14.3 Å². The van der Waals surface area contributed by atoms with Crippen LogP contribution in [0.1, 0.15) is 33.2 Å². The first-order valence-corrected chi connectivity index (χ1v) is 7.26. The van der Waals surface area contributed by atoms with Crippen molar-refractivity contribution in [2.24, 2.45) is 0 Å². The molecule has 2 N–H and O–H groups in total. The topological polar surface area (TPSA) is 82.5 Å². The molecule has 136 valence electrons. The van der Waals surface area contributed by atoms with E-state index >= 15 is 0 Å². The van der Waals surface area contributed by atoms with Crippen molar-refractivity contribution in [2.45, 2.75) is 6.92 Å². The number of carbonyl (C=O) groups excluding carboxylic acids is 2. The second kappa shape index (κ2) is 11.4. The van der Waals surface area contributed by atoms with E-state index in [4.69, 9.17) is 12.0 Å². The van der Waals surface area contributed by atoms with Gasteiger partial charge in [0.1, 0.15) is 0 Å². The Morgan fingerprint density at radius 2 is 1.19 bits per heavy atom. The number of nitrogens with two attached hydrogens (primary N) is 1. The van der Waals surface area contributed by atoms with Gasteiger partial charge in [-0.05, 0) is 24.3 Å². The van der Waals surface area contributed by atoms with E-state index in [9.17, 15) is 9.59 Å². The maximum atomic E-state index is 11.0. The van der Waals surface area contributed by atoms with Crippen molar-refractivity contribution in [3.8, 4) is 0 Å². The third-order valence-electron chi connectivity index (χ3n) is 3.18. The monoisotopic (exact) mass is 374 g/mol. The van der Waals surface area contributed by atoms with E-state index in [1.165, 1.54) is 14.2 Å². The van der Waals surface area contributed by atoms with Crippen LogP contribution in [0.5, 0.6) is 0 Å². The fourth-order valence-electron chi connectivity index (χ4n) is 1.78. The van der Waals surface area contributed by atoms with Gasteiger partial charge in [0, 0.05) is 12.5 Å². The summed E-state index contributed by atoms with van der Waals surface area (Å²) in [6, 6.07) is 13.3. The summed E-state index contributed by atoms with van der Waals surface area (Å²) in [7, 11) is 2.68. The van der Waals surface area contributed by atoms with Gasteiger partial charge in [-0.25, -0.2) is 14.4 Å². The number of ether oxygens (including phenoxy) is 2. The minimum atomic E-state index is -0.383. The number of carbonyl (C=O) groups is 2. The molecule has 0 atom stereocenters. The van der Waals surface area contributed by atoms with Gasteiger partial charge in [-0.15, -0.1) is 0 Å². The van der Waals surface area contributed by atoms with E-state index in [0.29, 0.717) is 16.8 Å². The van der Waals surface area contributed by atoms with Crippen LogP contribution >= 0.6 is 0 Å². The Bertz CT molecular complexity index is 794. The molecule has 0 spiro atoms. The molecule has 26 heavy (non-hydrogen) atoms. The maximum Gasteiger partial charge on any atom is 0.337 e. The number of nitrogens with zero attached hydrogens (tertiary/aromatic N) is 1. The number of rotatable bonds is 3. The van der Waals surface area contributed by atoms with E-state index < -0.39 is 0 Å². The van der Waals surface area contributed by atoms with Gasteiger partial charge in [0.25, 0.3) is 0 Å². The van der Waals surface area contributed by atoms with E-state index in [0.717, 1.165) is 11.3 Å². The Kier molecular flexibility index (Phi) is 10.0. The van der Waals surface area contributed by atoms with Gasteiger partial charge < -0.3 is 21.9 Å². The lowest BCUT2D eigenvalue weighted by atomic mass is 10.1. The Hall–Kier alpha value is -3.17. The quantitative estimate of drug-likeness (QED) is 0.427. The van der Waals surface area contributed by atoms with Crippen LogP contribution in [0, 0.1) is 6.57 Å². The highest BCUT2D eigenvalue weighted by atomic mass is 35.5. The minimum absolute atomic E-state index is 0. The standard InChI is InChI=1S/C10H11NO2.C9H7NO2.ClH/c1-7(11)8-3-5-9(6-4-8)10(12)13-2;1-10-8-5-3-7(4-6-8)9(11)12-2;/h3-6,11H,1-2H3;3-6H,2H3;1H. The number of methoxy groups -OCH3 is 2. The van der Waals surface area contributed by atoms with Crippen LogP contribution in [0.4, 0.5) is 5.69 Å². The number of benzene rings is 2. The molecule has 2 rings (SSSR count). The molecule has 0 aromatic heterocycles. The number of hydrogen-bond donors (Lipinski definition) is 1. The molecule has 2 aromatic carbocycles. The molecule has 0 saturated heterocycles. The first kappa shape index (κ1) is 22.8. The van der Waals surface area contributed by atoms with Crippen LogP contribution in [-0.2, 0) is 9.47 Å². The summed E-state index contributed by atoms with van der Waals surface area (Å²) in [5, 5.41) is 5.57. The van der Waals surface area contributed by atoms with Crippen molar-refractivity contribution < 1.29 is 36.9 Å². The third kappa shape index (κ3) is 6.75. The van der Waals surface area contributed by atoms with Crippen molar-refractivity contribution >= 4 is 23.3 Å². The zero-order valence-electron chi connectivity index (χ0n) is 14.7. The molecule has 7 heteroatoms. The molecule has 0 bridgehead atoms. The highest BCUT2D eigenvalue weighted by molar-refractivity contribution is 5.95. The molecule has 0 fully saturated rings. The van der Waals surface area contributed by atoms with E-state index in [1.54, 1.807) is 48.5 Å². The normalized spacial score (nSPS) is 8.69. The first-order valence-electron chi connectivity index (χ1n) is 7.26. The van der Waals surface area contributed by atoms with Gasteiger partial charge in [-0.2, -0.15) is 0 Å². The largest absolute Gasteiger partial charge is 1.00 e. The second-order valence-electron chi connectivity index (χ2n) is 4.90. The molecule has 0 aliphatic carbocycles. The summed E-state index contributed by atoms with van der Waals surface area (Å²) in [5.41, 5.74) is 3.17. The van der Waals surface area contributed by atoms with Crippen LogP contribution in [0.2, 0.25) is 0 Å². The number of hydrogen-bond acceptors (Lipinski definition) is 4. The average molecular weight is 375 g/mol. The van der Waals surface area contributed by atoms with Crippen molar-refractivity contribution in [1.82, 2.24) is 0 Å². The van der Waals surface area contributed by atoms with Gasteiger partial charge in [-0.3, -0.25) is 5.41 Å². The Morgan fingerprint density at radius 1 is 0.846 bits per heavy atom. The van der Waals surface area contributed by atoms with Crippen LogP contribution in [0.15, 0.2) is 48.5 Å². The van der Waals surface area contributed by atoms with Crippen molar-refractivity contribution in [3.63, 3.8) is 0 Å². The summed E-state index contributed by atoms with van der Waals surface area (Å²) >= 11 is 0. The fourth-order valence-corrected chi connectivity index (χ4v) is 1.78. The molecule has 0 aliphatic heterocycles. The molecule has 0 aliphatic rings. The molecule has 0 heterocycles. The third-order valence-corrected chi connectivity index (χ3v) is 3.18. The van der Waals surface area contributed by atoms with Gasteiger partial charge in [-0.1, -0.05) is 24.3 Å². The lowest BCUT2D eigenvalue weighted by Crippen LogP contribution is -3.00. The second-order valence-corrected chi connectivity index (χ2v) is 4.90. The Morgan fingerprint density at radius 3 is 1.50 bits per heavy atom. The Labute approximate surface area is 158 Å². The van der Waals surface area contributed by atoms with Crippen molar-refractivity contribution in [2.75, 3.05) is 14.2 Å². The highest BCUT2D eigenvalue weighted by Crippen LogP contribution is 2.12. The van der Waals surface area contributed by atoms with Gasteiger partial charge in [0.15, 0.2) is 11.4 Å². The lowest BCUT2D eigenvalue weighted by Gasteiger charge is -1.98. The van der Waals surface area contributed by atoms with E-state index in [-0.39, 0.29) is 24.3 Å². The summed E-state index contributed by atoms with van der Waals surface area (Å²) in [6.45, 7) is 8.49. The zero-order valence-corrected chi connectivity index (χ0v) is 15.4. The first-order chi connectivity index (χ1) is 11.9. The zero-order chi connectivity index (χ0) is 18.8. The number of esters is 2. The maximum absolute atomic E-state index is 11.0. The molecule has 6 nitrogen and oxygen atoms in total. The van der Waals surface area contributed by atoms with Crippen LogP contribution < -0.4 is 17.8 Å². The van der Waals surface area contributed by atoms with Gasteiger partial charge >= 0.3 is 11.9 Å². The summed E-state index contributed by atoms with van der Waals surface area (Å²) < 4.78 is 9.05. The molecule has 0 unspecified atom stereocenters. The predicted molar refractivity (Wildman–Crippen MR) is 93.5 cm³/mol. The predicted octanol–water partition coefficient (Wildman–Crippen LogP) is -0.931. The molecule has 2 aromatic rings. The minimum Gasteiger partial charge on any atom is -1.00 e. The highest BCUT2D eigenvalue weighted by Gasteiger charge is 2.06. The van der Waals surface area contributed by atoms with Gasteiger partial charge in [0.2, 0.25) is 0 Å². The molecular formula is C19H19ClN2O4. The Balaban J connectivity index is 0.000000464. The van der Waals surface area contributed by atoms with Crippen LogP contribution in [0.3, 0.4) is 0 Å². The molecule has 0 radical (unpaired) electrons. The van der Waals surface area contributed by atoms with Crippen LogP contribution in [-0.4, -0.2) is 31.9 Å². The number of halogens is 1. The SMILES string of the molecule is COC(=O)c1ccc(C(C)=[NH2+])cc1.[C-]#[N+]c1ccc(C(=O)OC)cc1.[Cl-]. The molecule has 0 amide bonds. The van der Waals surface area contributed by atoms with E-state index in [1.807, 2.05) is 6.92 Å². The summed E-state index contributed by atoms with van der Waals surface area (Å²) in [5.74, 6) is -0.715.